The van der Waals surface area contributed by atoms with Crippen LogP contribution in [0.5, 0.6) is 5.75 Å². The third-order valence-corrected chi connectivity index (χ3v) is 3.28. The lowest BCUT2D eigenvalue weighted by atomic mass is 10.2. The minimum atomic E-state index is 0.0374. The lowest BCUT2D eigenvalue weighted by Gasteiger charge is -2.13. The summed E-state index contributed by atoms with van der Waals surface area (Å²) in [6.45, 7) is 0.907. The minimum absolute atomic E-state index is 0.0374. The van der Waals surface area contributed by atoms with Crippen LogP contribution in [0, 0.1) is 0 Å². The van der Waals surface area contributed by atoms with Crippen molar-refractivity contribution in [3.8, 4) is 5.75 Å². The molecule has 0 aliphatic rings. The Labute approximate surface area is 131 Å². The van der Waals surface area contributed by atoms with E-state index in [4.69, 9.17) is 4.74 Å². The van der Waals surface area contributed by atoms with E-state index in [2.05, 4.69) is 17.4 Å². The van der Waals surface area contributed by atoms with Gasteiger partial charge in [0, 0.05) is 32.3 Å². The molecule has 0 saturated carbocycles. The van der Waals surface area contributed by atoms with Crippen molar-refractivity contribution in [1.82, 2.24) is 4.90 Å². The van der Waals surface area contributed by atoms with Gasteiger partial charge in [-0.25, -0.2) is 0 Å². The Morgan fingerprint density at radius 2 is 1.86 bits per heavy atom. The number of hydrogen-bond acceptors (Lipinski definition) is 3. The van der Waals surface area contributed by atoms with Gasteiger partial charge in [-0.15, -0.1) is 0 Å². The number of anilines is 1. The molecule has 0 saturated heterocycles. The summed E-state index contributed by atoms with van der Waals surface area (Å²) in [5.74, 6) is 0.841. The smallest absolute Gasteiger partial charge is 0.241 e. The predicted octanol–water partition coefficient (Wildman–Crippen LogP) is 2.81. The van der Waals surface area contributed by atoms with Crippen LogP contribution >= 0.6 is 0 Å². The third kappa shape index (κ3) is 5.13. The first-order valence-electron chi connectivity index (χ1n) is 7.36. The van der Waals surface area contributed by atoms with Crippen LogP contribution in [-0.2, 0) is 11.2 Å². The van der Waals surface area contributed by atoms with Crippen molar-refractivity contribution in [1.29, 1.82) is 0 Å². The molecule has 0 radical (unpaired) electrons. The molecule has 0 bridgehead atoms. The fraction of sp³-hybridized carbons (Fsp3) is 0.278. The Bertz CT molecular complexity index is 597. The van der Waals surface area contributed by atoms with Crippen LogP contribution in [0.4, 0.5) is 5.69 Å². The molecule has 0 aliphatic heterocycles. The normalized spacial score (nSPS) is 10.1. The van der Waals surface area contributed by atoms with E-state index in [1.165, 1.54) is 5.56 Å². The second kappa shape index (κ2) is 8.08. The zero-order valence-corrected chi connectivity index (χ0v) is 13.1. The van der Waals surface area contributed by atoms with E-state index in [0.717, 1.165) is 17.9 Å². The molecule has 4 nitrogen and oxygen atoms in total. The van der Waals surface area contributed by atoms with Gasteiger partial charge in [-0.2, -0.15) is 0 Å². The van der Waals surface area contributed by atoms with Crippen LogP contribution in [0.3, 0.4) is 0 Å². The quantitative estimate of drug-likeness (QED) is 0.854. The molecule has 0 atom stereocenters. The van der Waals surface area contributed by atoms with E-state index in [1.54, 1.807) is 19.0 Å². The van der Waals surface area contributed by atoms with Crippen LogP contribution in [0.2, 0.25) is 0 Å². The number of rotatable bonds is 7. The Kier molecular flexibility index (Phi) is 5.83. The number of carbonyl (C=O) groups is 1. The number of nitrogens with one attached hydrogen (secondary N) is 1. The summed E-state index contributed by atoms with van der Waals surface area (Å²) in [6, 6.07) is 17.9. The highest BCUT2D eigenvalue weighted by atomic mass is 16.5. The zero-order chi connectivity index (χ0) is 15.8. The lowest BCUT2D eigenvalue weighted by molar-refractivity contribution is -0.126. The van der Waals surface area contributed by atoms with Crippen LogP contribution in [0.25, 0.3) is 0 Å². The standard InChI is InChI=1S/C18H22N2O2/c1-20(2)18(21)14-19-16-9-6-10-17(13-16)22-12-11-15-7-4-3-5-8-15/h3-10,13,19H,11-12,14H2,1-2H3. The fourth-order valence-electron chi connectivity index (χ4n) is 1.96. The van der Waals surface area contributed by atoms with Crippen LogP contribution in [0.1, 0.15) is 5.56 Å². The first-order valence-corrected chi connectivity index (χ1v) is 7.36. The van der Waals surface area contributed by atoms with E-state index >= 15 is 0 Å². The number of carbonyl (C=O) groups excluding carboxylic acids is 1. The van der Waals surface area contributed by atoms with Gasteiger partial charge >= 0.3 is 0 Å². The Morgan fingerprint density at radius 3 is 2.59 bits per heavy atom. The number of nitrogens with zero attached hydrogens (tertiary/aromatic N) is 1. The van der Waals surface area contributed by atoms with Gasteiger partial charge in [0.05, 0.1) is 13.2 Å². The first kappa shape index (κ1) is 15.9. The largest absolute Gasteiger partial charge is 0.493 e. The number of likely N-dealkylation sites (N-methyl/N-ethyl adjacent to an activating group) is 1. The van der Waals surface area contributed by atoms with Crippen LogP contribution in [-0.4, -0.2) is 38.1 Å². The average Bonchev–Trinajstić information content (AvgIpc) is 2.54. The van der Waals surface area contributed by atoms with Gasteiger partial charge < -0.3 is 15.0 Å². The number of ether oxygens (including phenoxy) is 1. The molecule has 22 heavy (non-hydrogen) atoms. The van der Waals surface area contributed by atoms with E-state index in [9.17, 15) is 4.79 Å². The van der Waals surface area contributed by atoms with Crippen molar-refractivity contribution in [3.63, 3.8) is 0 Å². The molecule has 0 fully saturated rings. The Morgan fingerprint density at radius 1 is 1.09 bits per heavy atom. The third-order valence-electron chi connectivity index (χ3n) is 3.28. The zero-order valence-electron chi connectivity index (χ0n) is 13.1. The lowest BCUT2D eigenvalue weighted by Crippen LogP contribution is -2.28. The maximum absolute atomic E-state index is 11.6. The van der Waals surface area contributed by atoms with Gasteiger partial charge in [0.25, 0.3) is 0 Å². The van der Waals surface area contributed by atoms with Crippen LogP contribution in [0.15, 0.2) is 54.6 Å². The molecule has 0 aromatic heterocycles. The first-order chi connectivity index (χ1) is 10.6. The van der Waals surface area contributed by atoms with Crippen molar-refractivity contribution in [2.24, 2.45) is 0 Å². The maximum atomic E-state index is 11.6. The SMILES string of the molecule is CN(C)C(=O)CNc1cccc(OCCc2ccccc2)c1. The van der Waals surface area contributed by atoms with Crippen molar-refractivity contribution in [2.45, 2.75) is 6.42 Å². The summed E-state index contributed by atoms with van der Waals surface area (Å²) in [5.41, 5.74) is 2.14. The molecule has 1 N–H and O–H groups in total. The highest BCUT2D eigenvalue weighted by Crippen LogP contribution is 2.17. The molecule has 0 heterocycles. The van der Waals surface area contributed by atoms with Gasteiger partial charge in [-0.1, -0.05) is 36.4 Å². The maximum Gasteiger partial charge on any atom is 0.241 e. The van der Waals surface area contributed by atoms with E-state index in [-0.39, 0.29) is 12.5 Å². The topological polar surface area (TPSA) is 41.6 Å². The Balaban J connectivity index is 1.82. The molecule has 1 amide bonds. The number of benzene rings is 2. The molecule has 2 rings (SSSR count). The molecule has 0 aliphatic carbocycles. The van der Waals surface area contributed by atoms with Gasteiger partial charge in [-0.05, 0) is 17.7 Å². The molecular weight excluding hydrogens is 276 g/mol. The molecular formula is C18H22N2O2. The van der Waals surface area contributed by atoms with Crippen molar-refractivity contribution in [3.05, 3.63) is 60.2 Å². The van der Waals surface area contributed by atoms with E-state index < -0.39 is 0 Å². The van der Waals surface area contributed by atoms with Crippen LogP contribution < -0.4 is 10.1 Å². The molecule has 0 unspecified atom stereocenters. The Hall–Kier alpha value is -2.49. The van der Waals surface area contributed by atoms with Crippen molar-refractivity contribution >= 4 is 11.6 Å². The number of amides is 1. The van der Waals surface area contributed by atoms with E-state index in [1.807, 2.05) is 42.5 Å². The summed E-state index contributed by atoms with van der Waals surface area (Å²) < 4.78 is 5.77. The predicted molar refractivity (Wildman–Crippen MR) is 89.3 cm³/mol. The summed E-state index contributed by atoms with van der Waals surface area (Å²) in [7, 11) is 3.49. The van der Waals surface area contributed by atoms with Gasteiger partial charge in [0.2, 0.25) is 5.91 Å². The summed E-state index contributed by atoms with van der Waals surface area (Å²) in [5, 5.41) is 3.10. The summed E-state index contributed by atoms with van der Waals surface area (Å²) >= 11 is 0. The average molecular weight is 298 g/mol. The molecule has 2 aromatic rings. The monoisotopic (exact) mass is 298 g/mol. The summed E-state index contributed by atoms with van der Waals surface area (Å²) in [4.78, 5) is 13.1. The molecule has 2 aromatic carbocycles. The van der Waals surface area contributed by atoms with Gasteiger partial charge in [0.1, 0.15) is 5.75 Å². The van der Waals surface area contributed by atoms with Gasteiger partial charge in [0.15, 0.2) is 0 Å². The molecule has 4 heteroatoms. The van der Waals surface area contributed by atoms with E-state index in [0.29, 0.717) is 6.61 Å². The van der Waals surface area contributed by atoms with Gasteiger partial charge in [-0.3, -0.25) is 4.79 Å². The fourth-order valence-corrected chi connectivity index (χ4v) is 1.96. The molecule has 116 valence electrons. The second-order valence-corrected chi connectivity index (χ2v) is 5.25. The van der Waals surface area contributed by atoms with Crippen molar-refractivity contribution < 1.29 is 9.53 Å². The minimum Gasteiger partial charge on any atom is -0.493 e. The summed E-state index contributed by atoms with van der Waals surface area (Å²) in [6.07, 6.45) is 0.873. The highest BCUT2D eigenvalue weighted by Gasteiger charge is 2.03. The van der Waals surface area contributed by atoms with Crippen molar-refractivity contribution in [2.75, 3.05) is 32.6 Å². The number of hydrogen-bond donors (Lipinski definition) is 1. The molecule has 0 spiro atoms. The second-order valence-electron chi connectivity index (χ2n) is 5.25. The highest BCUT2D eigenvalue weighted by molar-refractivity contribution is 5.80.